The quantitative estimate of drug-likeness (QED) is 0.391. The van der Waals surface area contributed by atoms with Crippen LogP contribution in [0.5, 0.6) is 0 Å². The van der Waals surface area contributed by atoms with E-state index in [2.05, 4.69) is 5.10 Å². The number of hydrogen-bond acceptors (Lipinski definition) is 4. The highest BCUT2D eigenvalue weighted by molar-refractivity contribution is 7.71. The second-order valence-corrected chi connectivity index (χ2v) is 8.11. The minimum absolute atomic E-state index is 0.111. The van der Waals surface area contributed by atoms with Crippen molar-refractivity contribution in [3.05, 3.63) is 74.8 Å². The van der Waals surface area contributed by atoms with Gasteiger partial charge in [0.15, 0.2) is 0 Å². The third-order valence-electron chi connectivity index (χ3n) is 5.24. The summed E-state index contributed by atoms with van der Waals surface area (Å²) in [6.07, 6.45) is -3.59. The molecule has 32 heavy (non-hydrogen) atoms. The van der Waals surface area contributed by atoms with E-state index in [9.17, 15) is 18.0 Å². The van der Waals surface area contributed by atoms with Gasteiger partial charge in [-0.25, -0.2) is 4.68 Å². The van der Waals surface area contributed by atoms with E-state index in [1.165, 1.54) is 12.1 Å². The van der Waals surface area contributed by atoms with E-state index >= 15 is 0 Å². The van der Waals surface area contributed by atoms with Crippen molar-refractivity contribution in [3.63, 3.8) is 0 Å². The van der Waals surface area contributed by atoms with Gasteiger partial charge in [0, 0.05) is 13.1 Å². The van der Waals surface area contributed by atoms with Gasteiger partial charge in [0.1, 0.15) is 0 Å². The van der Waals surface area contributed by atoms with Gasteiger partial charge in [-0.1, -0.05) is 31.2 Å². The SMILES string of the molecule is CCCn1c(=O)c2ccccc2n2c(=S)n(CN(C)Cc3ccc(C(F)(F)F)cc3)nc12. The highest BCUT2D eigenvalue weighted by atomic mass is 32.1. The van der Waals surface area contributed by atoms with Crippen molar-refractivity contribution in [2.45, 2.75) is 39.3 Å². The fraction of sp³-hybridized carbons (Fsp3) is 0.318. The predicted molar refractivity (Wildman–Crippen MR) is 119 cm³/mol. The number of nitrogens with zero attached hydrogens (tertiary/aromatic N) is 5. The first-order chi connectivity index (χ1) is 15.2. The predicted octanol–water partition coefficient (Wildman–Crippen LogP) is 4.70. The van der Waals surface area contributed by atoms with Crippen LogP contribution in [0.15, 0.2) is 53.3 Å². The highest BCUT2D eigenvalue weighted by Gasteiger charge is 2.29. The first-order valence-electron chi connectivity index (χ1n) is 10.2. The van der Waals surface area contributed by atoms with Crippen LogP contribution in [0, 0.1) is 4.77 Å². The summed E-state index contributed by atoms with van der Waals surface area (Å²) in [5.74, 6) is 0.475. The zero-order valence-electron chi connectivity index (χ0n) is 17.6. The van der Waals surface area contributed by atoms with E-state index in [1.807, 2.05) is 37.1 Å². The molecule has 2 heterocycles. The second kappa shape index (κ2) is 8.51. The van der Waals surface area contributed by atoms with Gasteiger partial charge >= 0.3 is 6.18 Å². The smallest absolute Gasteiger partial charge is 0.283 e. The summed E-state index contributed by atoms with van der Waals surface area (Å²) in [5, 5.41) is 5.19. The van der Waals surface area contributed by atoms with Gasteiger partial charge < -0.3 is 0 Å². The Morgan fingerprint density at radius 3 is 2.44 bits per heavy atom. The van der Waals surface area contributed by atoms with Crippen molar-refractivity contribution in [1.29, 1.82) is 0 Å². The molecule has 0 N–H and O–H groups in total. The summed E-state index contributed by atoms with van der Waals surface area (Å²) in [6.45, 7) is 3.23. The van der Waals surface area contributed by atoms with Crippen molar-refractivity contribution in [3.8, 4) is 0 Å². The van der Waals surface area contributed by atoms with E-state index in [0.717, 1.165) is 24.1 Å². The summed E-state index contributed by atoms with van der Waals surface area (Å²) >= 11 is 5.68. The van der Waals surface area contributed by atoms with E-state index in [0.29, 0.717) is 41.2 Å². The van der Waals surface area contributed by atoms with Gasteiger partial charge in [-0.2, -0.15) is 13.2 Å². The number of halogens is 3. The number of aromatic nitrogens is 4. The summed E-state index contributed by atoms with van der Waals surface area (Å²) < 4.78 is 43.9. The standard InChI is InChI=1S/C22H22F3N5OS/c1-3-12-28-19(31)17-6-4-5-7-18(17)30-20(28)26-29(21(30)32)14-27(2)13-15-8-10-16(11-9-15)22(23,24)25/h4-11H,3,12-14H2,1-2H3. The molecule has 2 aromatic heterocycles. The molecule has 2 aromatic carbocycles. The molecule has 0 fully saturated rings. The maximum Gasteiger partial charge on any atom is 0.416 e. The first kappa shape index (κ1) is 22.2. The molecule has 6 nitrogen and oxygen atoms in total. The van der Waals surface area contributed by atoms with E-state index in [-0.39, 0.29) is 5.56 Å². The number of fused-ring (bicyclic) bond motifs is 3. The molecule has 0 aliphatic rings. The Labute approximate surface area is 187 Å². The van der Waals surface area contributed by atoms with E-state index < -0.39 is 11.7 Å². The Kier molecular flexibility index (Phi) is 5.91. The molecule has 0 aliphatic carbocycles. The lowest BCUT2D eigenvalue weighted by Gasteiger charge is -2.16. The second-order valence-electron chi connectivity index (χ2n) is 7.74. The van der Waals surface area contributed by atoms with Crippen molar-refractivity contribution in [1.82, 2.24) is 23.6 Å². The van der Waals surface area contributed by atoms with Crippen LogP contribution in [0.25, 0.3) is 16.7 Å². The Hall–Kier alpha value is -2.98. The molecular formula is C22H22F3N5OS. The van der Waals surface area contributed by atoms with Crippen LogP contribution >= 0.6 is 12.2 Å². The maximum absolute atomic E-state index is 13.0. The summed E-state index contributed by atoms with van der Waals surface area (Å²) in [6, 6.07) is 12.4. The lowest BCUT2D eigenvalue weighted by molar-refractivity contribution is -0.137. The van der Waals surface area contributed by atoms with Crippen LogP contribution in [0.1, 0.15) is 24.5 Å². The average molecular weight is 462 g/mol. The van der Waals surface area contributed by atoms with Crippen LogP contribution in [-0.2, 0) is 25.9 Å². The van der Waals surface area contributed by atoms with Crippen molar-refractivity contribution in [2.75, 3.05) is 7.05 Å². The van der Waals surface area contributed by atoms with Crippen LogP contribution in [0.3, 0.4) is 0 Å². The minimum atomic E-state index is -4.36. The molecule has 0 amide bonds. The molecule has 0 atom stereocenters. The normalized spacial score (nSPS) is 12.3. The number of rotatable bonds is 6. The van der Waals surface area contributed by atoms with Gasteiger partial charge in [0.2, 0.25) is 10.5 Å². The van der Waals surface area contributed by atoms with Crippen LogP contribution in [0.4, 0.5) is 13.2 Å². The number of hydrogen-bond donors (Lipinski definition) is 0. The van der Waals surface area contributed by atoms with Gasteiger partial charge in [-0.05, 0) is 55.5 Å². The molecule has 4 rings (SSSR count). The van der Waals surface area contributed by atoms with Gasteiger partial charge in [-0.3, -0.25) is 18.7 Å². The fourth-order valence-electron chi connectivity index (χ4n) is 3.77. The largest absolute Gasteiger partial charge is 0.416 e. The molecule has 4 aromatic rings. The zero-order valence-corrected chi connectivity index (χ0v) is 18.5. The minimum Gasteiger partial charge on any atom is -0.283 e. The Morgan fingerprint density at radius 1 is 1.09 bits per heavy atom. The molecule has 0 radical (unpaired) electrons. The molecule has 0 bridgehead atoms. The Balaban J connectivity index is 1.68. The van der Waals surface area contributed by atoms with E-state index in [1.54, 1.807) is 19.7 Å². The number of benzene rings is 2. The fourth-order valence-corrected chi connectivity index (χ4v) is 4.05. The number of para-hydroxylation sites is 1. The monoisotopic (exact) mass is 461 g/mol. The summed E-state index contributed by atoms with van der Waals surface area (Å²) in [7, 11) is 1.83. The summed E-state index contributed by atoms with van der Waals surface area (Å²) in [5.41, 5.74) is 0.651. The Morgan fingerprint density at radius 2 is 1.78 bits per heavy atom. The Bertz CT molecular complexity index is 1390. The third-order valence-corrected chi connectivity index (χ3v) is 5.63. The molecule has 168 valence electrons. The topological polar surface area (TPSA) is 47.5 Å². The third kappa shape index (κ3) is 4.07. The molecule has 0 saturated carbocycles. The molecule has 0 saturated heterocycles. The van der Waals surface area contributed by atoms with Gasteiger partial charge in [0.25, 0.3) is 5.56 Å². The van der Waals surface area contributed by atoms with Gasteiger partial charge in [0.05, 0.1) is 23.1 Å². The average Bonchev–Trinajstić information content (AvgIpc) is 3.06. The zero-order chi connectivity index (χ0) is 23.0. The van der Waals surface area contributed by atoms with Crippen LogP contribution in [0.2, 0.25) is 0 Å². The van der Waals surface area contributed by atoms with Crippen molar-refractivity contribution in [2.24, 2.45) is 0 Å². The molecule has 0 spiro atoms. The lowest BCUT2D eigenvalue weighted by Crippen LogP contribution is -2.23. The summed E-state index contributed by atoms with van der Waals surface area (Å²) in [4.78, 5) is 14.9. The lowest BCUT2D eigenvalue weighted by atomic mass is 10.1. The van der Waals surface area contributed by atoms with Crippen molar-refractivity contribution >= 4 is 28.9 Å². The molecule has 0 unspecified atom stereocenters. The highest BCUT2D eigenvalue weighted by Crippen LogP contribution is 2.29. The molecular weight excluding hydrogens is 439 g/mol. The van der Waals surface area contributed by atoms with Crippen molar-refractivity contribution < 1.29 is 13.2 Å². The van der Waals surface area contributed by atoms with Gasteiger partial charge in [-0.15, -0.1) is 5.10 Å². The van der Waals surface area contributed by atoms with E-state index in [4.69, 9.17) is 12.2 Å². The molecule has 0 aliphatic heterocycles. The number of aryl methyl sites for hydroxylation is 1. The number of alkyl halides is 3. The maximum atomic E-state index is 13.0. The van der Waals surface area contributed by atoms with Crippen LogP contribution < -0.4 is 5.56 Å². The molecule has 10 heteroatoms. The first-order valence-corrected chi connectivity index (χ1v) is 10.6. The van der Waals surface area contributed by atoms with Crippen LogP contribution in [-0.4, -0.2) is 30.7 Å².